The van der Waals surface area contributed by atoms with Crippen LogP contribution in [-0.2, 0) is 4.79 Å². The molecule has 0 spiro atoms. The van der Waals surface area contributed by atoms with Gasteiger partial charge in [-0.1, -0.05) is 30.3 Å². The Bertz CT molecular complexity index is 974. The maximum atomic E-state index is 12.9. The molecule has 2 aromatic carbocycles. The summed E-state index contributed by atoms with van der Waals surface area (Å²) in [6, 6.07) is 14.6. The van der Waals surface area contributed by atoms with Crippen LogP contribution in [0.1, 0.15) is 21.6 Å². The minimum atomic E-state index is -0.887. The number of carbonyl (C=O) groups is 2. The van der Waals surface area contributed by atoms with E-state index in [9.17, 15) is 14.0 Å². The molecule has 0 aliphatic carbocycles. The van der Waals surface area contributed by atoms with Gasteiger partial charge in [0.25, 0.3) is 11.8 Å². The van der Waals surface area contributed by atoms with E-state index < -0.39 is 23.7 Å². The van der Waals surface area contributed by atoms with Crippen LogP contribution in [0.15, 0.2) is 54.6 Å². The zero-order chi connectivity index (χ0) is 20.1. The molecule has 0 aliphatic heterocycles. The van der Waals surface area contributed by atoms with Gasteiger partial charge in [0.05, 0.1) is 10.7 Å². The van der Waals surface area contributed by atoms with Crippen molar-refractivity contribution in [2.45, 2.75) is 20.0 Å². The molecule has 0 unspecified atom stereocenters. The number of aromatic nitrogens is 1. The van der Waals surface area contributed by atoms with Gasteiger partial charge < -0.3 is 4.74 Å². The van der Waals surface area contributed by atoms with E-state index in [0.717, 1.165) is 10.6 Å². The Hall–Kier alpha value is -3.26. The van der Waals surface area contributed by atoms with Crippen molar-refractivity contribution in [1.82, 2.24) is 15.8 Å². The third-order valence-electron chi connectivity index (χ3n) is 3.78. The second kappa shape index (κ2) is 8.62. The maximum Gasteiger partial charge on any atom is 0.282 e. The Labute approximate surface area is 165 Å². The first-order valence-electron chi connectivity index (χ1n) is 8.49. The van der Waals surface area contributed by atoms with Crippen LogP contribution >= 0.6 is 11.3 Å². The van der Waals surface area contributed by atoms with E-state index in [4.69, 9.17) is 4.74 Å². The normalized spacial score (nSPS) is 11.5. The summed E-state index contributed by atoms with van der Waals surface area (Å²) in [7, 11) is 0. The van der Waals surface area contributed by atoms with Crippen molar-refractivity contribution in [3.8, 4) is 17.0 Å². The number of nitrogens with one attached hydrogen (secondary N) is 2. The van der Waals surface area contributed by atoms with Gasteiger partial charge in [-0.15, -0.1) is 11.3 Å². The highest BCUT2D eigenvalue weighted by Crippen LogP contribution is 2.27. The maximum absolute atomic E-state index is 12.9. The van der Waals surface area contributed by atoms with Gasteiger partial charge in [-0.05, 0) is 38.1 Å². The number of nitrogens with zero attached hydrogens (tertiary/aromatic N) is 1. The van der Waals surface area contributed by atoms with Crippen molar-refractivity contribution < 1.29 is 18.7 Å². The standard InChI is InChI=1S/C20H18FN3O3S/c1-12(27-16-10-8-15(21)9-11-16)19(25)23-24-20(26)18-17(22-13(2)28-18)14-6-4-3-5-7-14/h3-12H,1-2H3,(H,23,25)(H,24,26)/t12-/m1/s1. The van der Waals surface area contributed by atoms with Gasteiger partial charge in [0.2, 0.25) is 0 Å². The van der Waals surface area contributed by atoms with Crippen molar-refractivity contribution in [2.75, 3.05) is 0 Å². The van der Waals surface area contributed by atoms with Crippen LogP contribution in [0, 0.1) is 12.7 Å². The topological polar surface area (TPSA) is 80.3 Å². The van der Waals surface area contributed by atoms with E-state index >= 15 is 0 Å². The molecule has 144 valence electrons. The molecule has 1 atom stereocenters. The average Bonchev–Trinajstić information content (AvgIpc) is 3.10. The number of aryl methyl sites for hydroxylation is 1. The van der Waals surface area contributed by atoms with Gasteiger partial charge in [-0.2, -0.15) is 0 Å². The number of rotatable bonds is 5. The molecule has 0 aliphatic rings. The van der Waals surface area contributed by atoms with E-state index in [0.29, 0.717) is 16.3 Å². The molecular formula is C20H18FN3O3S. The van der Waals surface area contributed by atoms with E-state index in [1.807, 2.05) is 37.3 Å². The smallest absolute Gasteiger partial charge is 0.282 e. The summed E-state index contributed by atoms with van der Waals surface area (Å²) in [4.78, 5) is 29.5. The SMILES string of the molecule is Cc1nc(-c2ccccc2)c(C(=O)NNC(=O)[C@@H](C)Oc2ccc(F)cc2)s1. The van der Waals surface area contributed by atoms with E-state index in [1.165, 1.54) is 42.5 Å². The van der Waals surface area contributed by atoms with Gasteiger partial charge in [-0.25, -0.2) is 9.37 Å². The highest BCUT2D eigenvalue weighted by Gasteiger charge is 2.20. The van der Waals surface area contributed by atoms with Crippen molar-refractivity contribution in [3.63, 3.8) is 0 Å². The predicted molar refractivity (Wildman–Crippen MR) is 104 cm³/mol. The summed E-state index contributed by atoms with van der Waals surface area (Å²) in [5.41, 5.74) is 6.11. The van der Waals surface area contributed by atoms with Gasteiger partial charge in [0.15, 0.2) is 6.10 Å². The summed E-state index contributed by atoms with van der Waals surface area (Å²) < 4.78 is 18.4. The Kier molecular flexibility index (Phi) is 6.00. The number of ether oxygens (including phenoxy) is 1. The lowest BCUT2D eigenvalue weighted by Gasteiger charge is -2.15. The van der Waals surface area contributed by atoms with Crippen LogP contribution in [0.2, 0.25) is 0 Å². The fraction of sp³-hybridized carbons (Fsp3) is 0.150. The molecule has 8 heteroatoms. The van der Waals surface area contributed by atoms with Crippen LogP contribution in [-0.4, -0.2) is 22.9 Å². The molecule has 0 radical (unpaired) electrons. The predicted octanol–water partition coefficient (Wildman–Crippen LogP) is 3.49. The Morgan fingerprint density at radius 3 is 2.43 bits per heavy atom. The molecule has 0 fully saturated rings. The largest absolute Gasteiger partial charge is 0.481 e. The van der Waals surface area contributed by atoms with Crippen molar-refractivity contribution in [2.24, 2.45) is 0 Å². The van der Waals surface area contributed by atoms with Crippen molar-refractivity contribution in [3.05, 3.63) is 70.3 Å². The first-order chi connectivity index (χ1) is 13.4. The van der Waals surface area contributed by atoms with Gasteiger partial charge in [-0.3, -0.25) is 20.4 Å². The minimum absolute atomic E-state index is 0.347. The van der Waals surface area contributed by atoms with E-state index in [2.05, 4.69) is 15.8 Å². The second-order valence-corrected chi connectivity index (χ2v) is 7.14. The lowest BCUT2D eigenvalue weighted by atomic mass is 10.1. The fourth-order valence-corrected chi connectivity index (χ4v) is 3.26. The highest BCUT2D eigenvalue weighted by atomic mass is 32.1. The van der Waals surface area contributed by atoms with Crippen LogP contribution in [0.3, 0.4) is 0 Å². The van der Waals surface area contributed by atoms with Gasteiger partial charge in [0.1, 0.15) is 16.4 Å². The third kappa shape index (κ3) is 4.72. The number of carbonyl (C=O) groups excluding carboxylic acids is 2. The zero-order valence-electron chi connectivity index (χ0n) is 15.2. The molecule has 1 aromatic heterocycles. The number of hydrogen-bond acceptors (Lipinski definition) is 5. The lowest BCUT2D eigenvalue weighted by Crippen LogP contribution is -2.47. The monoisotopic (exact) mass is 399 g/mol. The number of benzene rings is 2. The fourth-order valence-electron chi connectivity index (χ4n) is 2.42. The molecule has 3 rings (SSSR count). The number of amides is 2. The number of halogens is 1. The summed E-state index contributed by atoms with van der Waals surface area (Å²) in [5, 5.41) is 0.739. The minimum Gasteiger partial charge on any atom is -0.481 e. The Morgan fingerprint density at radius 1 is 1.07 bits per heavy atom. The molecule has 0 saturated carbocycles. The van der Waals surface area contributed by atoms with Gasteiger partial charge >= 0.3 is 0 Å². The molecule has 28 heavy (non-hydrogen) atoms. The quantitative estimate of drug-likeness (QED) is 0.644. The van der Waals surface area contributed by atoms with Crippen LogP contribution in [0.5, 0.6) is 5.75 Å². The number of hydrazine groups is 1. The van der Waals surface area contributed by atoms with Crippen LogP contribution in [0.25, 0.3) is 11.3 Å². The van der Waals surface area contributed by atoms with Crippen molar-refractivity contribution >= 4 is 23.2 Å². The van der Waals surface area contributed by atoms with E-state index in [1.54, 1.807) is 0 Å². The van der Waals surface area contributed by atoms with Crippen LogP contribution < -0.4 is 15.6 Å². The van der Waals surface area contributed by atoms with Gasteiger partial charge in [0, 0.05) is 5.56 Å². The Morgan fingerprint density at radius 2 is 1.75 bits per heavy atom. The molecule has 3 aromatic rings. The molecule has 2 amide bonds. The molecule has 6 nitrogen and oxygen atoms in total. The van der Waals surface area contributed by atoms with E-state index in [-0.39, 0.29) is 0 Å². The van der Waals surface area contributed by atoms with Crippen LogP contribution in [0.4, 0.5) is 4.39 Å². The zero-order valence-corrected chi connectivity index (χ0v) is 16.0. The second-order valence-electron chi connectivity index (χ2n) is 5.93. The summed E-state index contributed by atoms with van der Waals surface area (Å²) in [6.45, 7) is 3.34. The lowest BCUT2D eigenvalue weighted by molar-refractivity contribution is -0.128. The highest BCUT2D eigenvalue weighted by molar-refractivity contribution is 7.14. The van der Waals surface area contributed by atoms with Crippen molar-refractivity contribution in [1.29, 1.82) is 0 Å². The first-order valence-corrected chi connectivity index (χ1v) is 9.31. The number of thiazole rings is 1. The average molecular weight is 399 g/mol. The summed E-state index contributed by atoms with van der Waals surface area (Å²) in [5.74, 6) is -1.06. The molecule has 2 N–H and O–H groups in total. The summed E-state index contributed by atoms with van der Waals surface area (Å²) in [6.07, 6.45) is -0.887. The molecular weight excluding hydrogens is 381 g/mol. The number of hydrogen-bond donors (Lipinski definition) is 2. The molecule has 1 heterocycles. The third-order valence-corrected chi connectivity index (χ3v) is 4.75. The molecule has 0 bridgehead atoms. The molecule has 0 saturated heterocycles. The Balaban J connectivity index is 1.62. The summed E-state index contributed by atoms with van der Waals surface area (Å²) >= 11 is 1.24. The first kappa shape index (κ1) is 19.5.